The number of carbonyl (C=O) groups excluding carboxylic acids is 1. The Kier molecular flexibility index (Phi) is 4.21. The van der Waals surface area contributed by atoms with Crippen LogP contribution in [-0.2, 0) is 9.53 Å². The molecule has 0 aromatic heterocycles. The molecule has 0 saturated carbocycles. The number of nitrogen functional groups attached to an aromatic ring is 1. The zero-order valence-corrected chi connectivity index (χ0v) is 9.25. The van der Waals surface area contributed by atoms with Crippen LogP contribution in [0.2, 0.25) is 0 Å². The number of rotatable bonds is 4. The van der Waals surface area contributed by atoms with Crippen LogP contribution in [0.5, 0.6) is 0 Å². The molecule has 0 fully saturated rings. The summed E-state index contributed by atoms with van der Waals surface area (Å²) in [6.07, 6.45) is 2.64. The number of benzene rings is 1. The molecule has 0 saturated heterocycles. The quantitative estimate of drug-likeness (QED) is 0.282. The van der Waals surface area contributed by atoms with Crippen molar-refractivity contribution in [2.45, 2.75) is 6.92 Å². The van der Waals surface area contributed by atoms with Crippen LogP contribution in [0.3, 0.4) is 0 Å². The standard InChI is InChI=1S/C11H12N2O4/c1-2-17-11(14)6-4-8-3-5-9(12)10(7-8)13(15)16/h3-7H,2,12H2,1H3. The van der Waals surface area contributed by atoms with Gasteiger partial charge in [-0.15, -0.1) is 0 Å². The van der Waals surface area contributed by atoms with Gasteiger partial charge in [0.2, 0.25) is 0 Å². The lowest BCUT2D eigenvalue weighted by Crippen LogP contribution is -1.99. The summed E-state index contributed by atoms with van der Waals surface area (Å²) in [4.78, 5) is 21.1. The second-order valence-corrected chi connectivity index (χ2v) is 3.16. The molecule has 90 valence electrons. The van der Waals surface area contributed by atoms with Crippen molar-refractivity contribution in [1.29, 1.82) is 0 Å². The fraction of sp³-hybridized carbons (Fsp3) is 0.182. The molecule has 1 rings (SSSR count). The normalized spacial score (nSPS) is 10.4. The number of esters is 1. The van der Waals surface area contributed by atoms with E-state index in [1.165, 1.54) is 24.3 Å². The summed E-state index contributed by atoms with van der Waals surface area (Å²) in [7, 11) is 0. The van der Waals surface area contributed by atoms with E-state index in [1.54, 1.807) is 13.0 Å². The highest BCUT2D eigenvalue weighted by Crippen LogP contribution is 2.22. The van der Waals surface area contributed by atoms with Gasteiger partial charge >= 0.3 is 5.97 Å². The van der Waals surface area contributed by atoms with Gasteiger partial charge in [0, 0.05) is 12.1 Å². The second kappa shape index (κ2) is 5.64. The molecule has 0 heterocycles. The van der Waals surface area contributed by atoms with Crippen molar-refractivity contribution in [1.82, 2.24) is 0 Å². The van der Waals surface area contributed by atoms with E-state index in [-0.39, 0.29) is 18.0 Å². The maximum Gasteiger partial charge on any atom is 0.330 e. The lowest BCUT2D eigenvalue weighted by Gasteiger charge is -1.98. The third kappa shape index (κ3) is 3.60. The third-order valence-corrected chi connectivity index (χ3v) is 1.95. The largest absolute Gasteiger partial charge is 0.463 e. The number of anilines is 1. The minimum absolute atomic E-state index is 0.0864. The third-order valence-electron chi connectivity index (χ3n) is 1.95. The molecule has 0 aliphatic rings. The predicted octanol–water partition coefficient (Wildman–Crippen LogP) is 1.75. The minimum atomic E-state index is -0.572. The topological polar surface area (TPSA) is 95.5 Å². The van der Waals surface area contributed by atoms with Crippen molar-refractivity contribution < 1.29 is 14.5 Å². The summed E-state index contributed by atoms with van der Waals surface area (Å²) < 4.78 is 4.68. The van der Waals surface area contributed by atoms with Crippen molar-refractivity contribution in [3.05, 3.63) is 40.0 Å². The first-order valence-electron chi connectivity index (χ1n) is 4.93. The van der Waals surface area contributed by atoms with E-state index in [0.717, 1.165) is 0 Å². The van der Waals surface area contributed by atoms with E-state index >= 15 is 0 Å². The van der Waals surface area contributed by atoms with Gasteiger partial charge in [-0.3, -0.25) is 10.1 Å². The molecular weight excluding hydrogens is 224 g/mol. The Labute approximate surface area is 97.8 Å². The fourth-order valence-electron chi connectivity index (χ4n) is 1.18. The van der Waals surface area contributed by atoms with Gasteiger partial charge in [-0.1, -0.05) is 6.07 Å². The van der Waals surface area contributed by atoms with Crippen LogP contribution < -0.4 is 5.73 Å². The van der Waals surface area contributed by atoms with Crippen LogP contribution in [0.1, 0.15) is 12.5 Å². The Morgan fingerprint density at radius 2 is 2.29 bits per heavy atom. The summed E-state index contributed by atoms with van der Waals surface area (Å²) in [5.74, 6) is -0.494. The Hall–Kier alpha value is -2.37. The zero-order valence-electron chi connectivity index (χ0n) is 9.25. The molecule has 1 aromatic carbocycles. The first-order chi connectivity index (χ1) is 8.04. The van der Waals surface area contributed by atoms with E-state index in [4.69, 9.17) is 5.73 Å². The molecular formula is C11H12N2O4. The van der Waals surface area contributed by atoms with E-state index in [9.17, 15) is 14.9 Å². The van der Waals surface area contributed by atoms with Crippen molar-refractivity contribution in [3.63, 3.8) is 0 Å². The Morgan fingerprint density at radius 1 is 1.59 bits per heavy atom. The molecule has 0 spiro atoms. The molecule has 0 unspecified atom stereocenters. The number of nitrogens with zero attached hydrogens (tertiary/aromatic N) is 1. The Bertz CT molecular complexity index is 469. The Balaban J connectivity index is 2.89. The molecule has 0 radical (unpaired) electrons. The average Bonchev–Trinajstić information content (AvgIpc) is 2.28. The molecule has 6 nitrogen and oxygen atoms in total. The van der Waals surface area contributed by atoms with E-state index in [0.29, 0.717) is 5.56 Å². The summed E-state index contributed by atoms with van der Waals surface area (Å²) in [5, 5.41) is 10.6. The van der Waals surface area contributed by atoms with Gasteiger partial charge in [0.15, 0.2) is 0 Å². The van der Waals surface area contributed by atoms with E-state index in [2.05, 4.69) is 4.74 Å². The predicted molar refractivity (Wildman–Crippen MR) is 63.2 cm³/mol. The highest BCUT2D eigenvalue weighted by atomic mass is 16.6. The number of nitrogens with two attached hydrogens (primary N) is 1. The molecule has 1 aromatic rings. The van der Waals surface area contributed by atoms with Crippen LogP contribution in [-0.4, -0.2) is 17.5 Å². The lowest BCUT2D eigenvalue weighted by atomic mass is 10.1. The van der Waals surface area contributed by atoms with Gasteiger partial charge in [-0.2, -0.15) is 0 Å². The molecule has 2 N–H and O–H groups in total. The number of carbonyl (C=O) groups is 1. The smallest absolute Gasteiger partial charge is 0.330 e. The van der Waals surface area contributed by atoms with Crippen LogP contribution in [0.4, 0.5) is 11.4 Å². The molecule has 0 atom stereocenters. The average molecular weight is 236 g/mol. The number of nitro benzene ring substituents is 1. The summed E-state index contributed by atoms with van der Waals surface area (Å²) in [5.41, 5.74) is 5.85. The second-order valence-electron chi connectivity index (χ2n) is 3.16. The fourth-order valence-corrected chi connectivity index (χ4v) is 1.18. The molecule has 0 aliphatic carbocycles. The first kappa shape index (κ1) is 12.7. The number of hydrogen-bond acceptors (Lipinski definition) is 5. The number of ether oxygens (including phenoxy) is 1. The van der Waals surface area contributed by atoms with Crippen LogP contribution >= 0.6 is 0 Å². The molecule has 0 bridgehead atoms. The lowest BCUT2D eigenvalue weighted by molar-refractivity contribution is -0.383. The van der Waals surface area contributed by atoms with Crippen molar-refractivity contribution >= 4 is 23.4 Å². The van der Waals surface area contributed by atoms with Crippen molar-refractivity contribution in [2.75, 3.05) is 12.3 Å². The number of hydrogen-bond donors (Lipinski definition) is 1. The van der Waals surface area contributed by atoms with E-state index < -0.39 is 10.9 Å². The van der Waals surface area contributed by atoms with E-state index in [1.807, 2.05) is 0 Å². The van der Waals surface area contributed by atoms with Gasteiger partial charge in [0.1, 0.15) is 5.69 Å². The monoisotopic (exact) mass is 236 g/mol. The summed E-state index contributed by atoms with van der Waals surface area (Å²) >= 11 is 0. The van der Waals surface area contributed by atoms with Gasteiger partial charge in [-0.25, -0.2) is 4.79 Å². The highest BCUT2D eigenvalue weighted by molar-refractivity contribution is 5.87. The highest BCUT2D eigenvalue weighted by Gasteiger charge is 2.10. The maximum absolute atomic E-state index is 11.0. The first-order valence-corrected chi connectivity index (χ1v) is 4.93. The van der Waals surface area contributed by atoms with Crippen LogP contribution in [0.25, 0.3) is 6.08 Å². The zero-order chi connectivity index (χ0) is 12.8. The minimum Gasteiger partial charge on any atom is -0.463 e. The maximum atomic E-state index is 11.0. The summed E-state index contributed by atoms with van der Waals surface area (Å²) in [6.45, 7) is 1.98. The number of nitro groups is 1. The SMILES string of the molecule is CCOC(=O)C=Cc1ccc(N)c([N+](=O)[O-])c1. The van der Waals surface area contributed by atoms with Crippen LogP contribution in [0, 0.1) is 10.1 Å². The van der Waals surface area contributed by atoms with Crippen LogP contribution in [0.15, 0.2) is 24.3 Å². The molecule has 0 aliphatic heterocycles. The van der Waals surface area contributed by atoms with Gasteiger partial charge in [0.05, 0.1) is 11.5 Å². The van der Waals surface area contributed by atoms with Crippen molar-refractivity contribution in [3.8, 4) is 0 Å². The Morgan fingerprint density at radius 3 is 2.88 bits per heavy atom. The summed E-state index contributed by atoms with van der Waals surface area (Å²) in [6, 6.07) is 4.30. The van der Waals surface area contributed by atoms with Gasteiger partial charge in [-0.05, 0) is 24.6 Å². The van der Waals surface area contributed by atoms with Gasteiger partial charge in [0.25, 0.3) is 5.69 Å². The molecule has 6 heteroatoms. The molecule has 0 amide bonds. The van der Waals surface area contributed by atoms with Gasteiger partial charge < -0.3 is 10.5 Å². The van der Waals surface area contributed by atoms with Crippen molar-refractivity contribution in [2.24, 2.45) is 0 Å². The molecule has 17 heavy (non-hydrogen) atoms.